The number of primary amides is 1. The number of nitrogens with one attached hydrogen (secondary N) is 1. The van der Waals surface area contributed by atoms with Gasteiger partial charge in [0, 0.05) is 11.3 Å². The van der Waals surface area contributed by atoms with Gasteiger partial charge in [-0.1, -0.05) is 68.0 Å². The molecule has 0 saturated heterocycles. The predicted octanol–water partition coefficient (Wildman–Crippen LogP) is 6.98. The Kier molecular flexibility index (Phi) is 14.2. The maximum atomic E-state index is 12.6. The van der Waals surface area contributed by atoms with Crippen molar-refractivity contribution in [3.05, 3.63) is 94.9 Å². The summed E-state index contributed by atoms with van der Waals surface area (Å²) in [5.41, 5.74) is 9.86. The highest BCUT2D eigenvalue weighted by atomic mass is 32.1. The molecule has 32 heavy (non-hydrogen) atoms. The smallest absolute Gasteiger partial charge is 0.249 e. The summed E-state index contributed by atoms with van der Waals surface area (Å²) >= 11 is 4.24. The molecular formula is C27H36N2O2S. The van der Waals surface area contributed by atoms with Gasteiger partial charge in [0.15, 0.2) is 0 Å². The number of benzene rings is 2. The van der Waals surface area contributed by atoms with Crippen LogP contribution in [0.5, 0.6) is 0 Å². The van der Waals surface area contributed by atoms with Gasteiger partial charge >= 0.3 is 0 Å². The SMILES string of the molecule is C=CC.CC.CC(C)=C/C(=C\S)c1ccc(NC(=O)C(C)c2ccccc2)cc1C(N)=O. The largest absolute Gasteiger partial charge is 0.366 e. The zero-order valence-corrected chi connectivity index (χ0v) is 20.9. The average molecular weight is 453 g/mol. The summed E-state index contributed by atoms with van der Waals surface area (Å²) in [6.07, 6.45) is 3.67. The molecule has 0 bridgehead atoms. The van der Waals surface area contributed by atoms with E-state index in [4.69, 9.17) is 5.73 Å². The molecule has 0 fully saturated rings. The lowest BCUT2D eigenvalue weighted by Crippen LogP contribution is -2.20. The van der Waals surface area contributed by atoms with Gasteiger partial charge in [0.05, 0.1) is 5.92 Å². The van der Waals surface area contributed by atoms with Crippen LogP contribution in [0.15, 0.2) is 78.2 Å². The summed E-state index contributed by atoms with van der Waals surface area (Å²) in [6, 6.07) is 14.6. The minimum absolute atomic E-state index is 0.154. The van der Waals surface area contributed by atoms with Crippen molar-refractivity contribution in [2.75, 3.05) is 5.32 Å². The third kappa shape index (κ3) is 9.40. The highest BCUT2D eigenvalue weighted by molar-refractivity contribution is 7.83. The number of carbonyl (C=O) groups is 2. The Labute approximate surface area is 198 Å². The average Bonchev–Trinajstić information content (AvgIpc) is 2.79. The van der Waals surface area contributed by atoms with E-state index in [-0.39, 0.29) is 11.8 Å². The second-order valence-electron chi connectivity index (χ2n) is 6.96. The fourth-order valence-corrected chi connectivity index (χ4v) is 2.93. The molecule has 0 aliphatic rings. The third-order valence-corrected chi connectivity index (χ3v) is 4.42. The molecule has 0 aromatic heterocycles. The van der Waals surface area contributed by atoms with Gasteiger partial charge in [-0.3, -0.25) is 9.59 Å². The fraction of sp³-hybridized carbons (Fsp3) is 0.259. The first-order valence-electron chi connectivity index (χ1n) is 10.6. The van der Waals surface area contributed by atoms with Gasteiger partial charge in [-0.15, -0.1) is 6.58 Å². The monoisotopic (exact) mass is 452 g/mol. The number of nitrogens with two attached hydrogens (primary N) is 1. The van der Waals surface area contributed by atoms with Crippen LogP contribution < -0.4 is 11.1 Å². The van der Waals surface area contributed by atoms with E-state index in [2.05, 4.69) is 24.5 Å². The van der Waals surface area contributed by atoms with Crippen molar-refractivity contribution >= 4 is 35.7 Å². The summed E-state index contributed by atoms with van der Waals surface area (Å²) in [4.78, 5) is 24.5. The van der Waals surface area contributed by atoms with E-state index < -0.39 is 5.91 Å². The highest BCUT2D eigenvalue weighted by Crippen LogP contribution is 2.26. The Bertz CT molecular complexity index is 943. The number of amides is 2. The first kappa shape index (κ1) is 28.9. The Hall–Kier alpha value is -3.05. The summed E-state index contributed by atoms with van der Waals surface area (Å²) in [7, 11) is 0. The Morgan fingerprint density at radius 3 is 2.09 bits per heavy atom. The van der Waals surface area contributed by atoms with Crippen LogP contribution in [-0.2, 0) is 4.79 Å². The molecule has 0 radical (unpaired) electrons. The second-order valence-corrected chi connectivity index (χ2v) is 7.22. The molecule has 2 aromatic rings. The van der Waals surface area contributed by atoms with E-state index in [1.807, 2.05) is 78.0 Å². The quantitative estimate of drug-likeness (QED) is 0.251. The lowest BCUT2D eigenvalue weighted by Gasteiger charge is -2.15. The molecule has 0 aliphatic carbocycles. The summed E-state index contributed by atoms with van der Waals surface area (Å²) in [6.45, 7) is 15.0. The minimum atomic E-state index is -0.563. The molecule has 3 N–H and O–H groups in total. The summed E-state index contributed by atoms with van der Waals surface area (Å²) in [5.74, 6) is -1.04. The Morgan fingerprint density at radius 2 is 1.62 bits per heavy atom. The molecule has 1 atom stereocenters. The molecular weight excluding hydrogens is 416 g/mol. The lowest BCUT2D eigenvalue weighted by atomic mass is 9.97. The maximum Gasteiger partial charge on any atom is 0.249 e. The highest BCUT2D eigenvalue weighted by Gasteiger charge is 2.17. The lowest BCUT2D eigenvalue weighted by molar-refractivity contribution is -0.117. The van der Waals surface area contributed by atoms with Crippen LogP contribution in [0.1, 0.15) is 68.9 Å². The molecule has 2 aromatic carbocycles. The number of rotatable bonds is 6. The van der Waals surface area contributed by atoms with Crippen LogP contribution in [0.2, 0.25) is 0 Å². The molecule has 0 saturated carbocycles. The van der Waals surface area contributed by atoms with Crippen molar-refractivity contribution in [1.29, 1.82) is 0 Å². The van der Waals surface area contributed by atoms with Gasteiger partial charge in [0.25, 0.3) is 0 Å². The maximum absolute atomic E-state index is 12.6. The number of thiol groups is 1. The van der Waals surface area contributed by atoms with Gasteiger partial charge < -0.3 is 11.1 Å². The first-order valence-corrected chi connectivity index (χ1v) is 11.1. The molecule has 172 valence electrons. The molecule has 2 rings (SSSR count). The molecule has 0 heterocycles. The van der Waals surface area contributed by atoms with E-state index in [1.165, 1.54) is 0 Å². The molecule has 5 heteroatoms. The van der Waals surface area contributed by atoms with Crippen molar-refractivity contribution in [2.45, 2.75) is 47.5 Å². The topological polar surface area (TPSA) is 72.2 Å². The van der Waals surface area contributed by atoms with E-state index in [1.54, 1.807) is 29.7 Å². The fourth-order valence-electron chi connectivity index (χ4n) is 2.72. The number of hydrogen-bond donors (Lipinski definition) is 3. The van der Waals surface area contributed by atoms with Crippen molar-refractivity contribution in [2.24, 2.45) is 5.73 Å². The van der Waals surface area contributed by atoms with E-state index in [0.29, 0.717) is 16.8 Å². The third-order valence-electron chi connectivity index (χ3n) is 4.14. The molecule has 1 unspecified atom stereocenters. The van der Waals surface area contributed by atoms with Gasteiger partial charge in [-0.2, -0.15) is 12.6 Å². The van der Waals surface area contributed by atoms with Gasteiger partial charge in [-0.25, -0.2) is 0 Å². The summed E-state index contributed by atoms with van der Waals surface area (Å²) in [5, 5.41) is 4.49. The second kappa shape index (κ2) is 15.7. The molecule has 0 spiro atoms. The molecule has 0 aliphatic heterocycles. The normalized spacial score (nSPS) is 10.9. The number of hydrogen-bond acceptors (Lipinski definition) is 3. The van der Waals surface area contributed by atoms with Crippen LogP contribution in [0.3, 0.4) is 0 Å². The zero-order chi connectivity index (χ0) is 24.7. The van der Waals surface area contributed by atoms with Gasteiger partial charge in [0.2, 0.25) is 11.8 Å². The van der Waals surface area contributed by atoms with Crippen LogP contribution in [0.25, 0.3) is 5.57 Å². The first-order chi connectivity index (χ1) is 15.2. The molecule has 2 amide bonds. The van der Waals surface area contributed by atoms with Crippen molar-refractivity contribution in [3.8, 4) is 0 Å². The Morgan fingerprint density at radius 1 is 1.06 bits per heavy atom. The van der Waals surface area contributed by atoms with Crippen LogP contribution in [-0.4, -0.2) is 11.8 Å². The Balaban J connectivity index is 0.00000177. The van der Waals surface area contributed by atoms with Gasteiger partial charge in [-0.05, 0) is 61.9 Å². The van der Waals surface area contributed by atoms with Gasteiger partial charge in [0.1, 0.15) is 0 Å². The van der Waals surface area contributed by atoms with Crippen LogP contribution in [0, 0.1) is 0 Å². The van der Waals surface area contributed by atoms with E-state index >= 15 is 0 Å². The molecule has 4 nitrogen and oxygen atoms in total. The van der Waals surface area contributed by atoms with Crippen molar-refractivity contribution in [1.82, 2.24) is 0 Å². The number of allylic oxidation sites excluding steroid dienone is 4. The summed E-state index contributed by atoms with van der Waals surface area (Å²) < 4.78 is 0. The predicted molar refractivity (Wildman–Crippen MR) is 142 cm³/mol. The minimum Gasteiger partial charge on any atom is -0.366 e. The van der Waals surface area contributed by atoms with Crippen LogP contribution in [0.4, 0.5) is 5.69 Å². The van der Waals surface area contributed by atoms with E-state index in [0.717, 1.165) is 16.7 Å². The van der Waals surface area contributed by atoms with Crippen LogP contribution >= 0.6 is 12.6 Å². The number of carbonyl (C=O) groups excluding carboxylic acids is 2. The number of anilines is 1. The van der Waals surface area contributed by atoms with E-state index in [9.17, 15) is 9.59 Å². The van der Waals surface area contributed by atoms with Crippen molar-refractivity contribution < 1.29 is 9.59 Å². The standard InChI is InChI=1S/C22H24N2O2S.C3H6.C2H6/c1-14(2)11-17(13-27)19-10-9-18(12-20(19)21(23)25)24-22(26)15(3)16-7-5-4-6-8-16;1-3-2;1-2/h4-13,15,27H,1-3H3,(H2,23,25)(H,24,26);3H,1H2,2H3;1-2H3/b17-13+;;. The zero-order valence-electron chi connectivity index (χ0n) is 20.0. The van der Waals surface area contributed by atoms with Crippen molar-refractivity contribution in [3.63, 3.8) is 0 Å².